The quantitative estimate of drug-likeness (QED) is 0.597. The molecule has 0 aliphatic carbocycles. The third-order valence-electron chi connectivity index (χ3n) is 2.22. The highest BCUT2D eigenvalue weighted by Crippen LogP contribution is 2.27. The second-order valence-electron chi connectivity index (χ2n) is 3.86. The number of cyclic esters (lactones) is 1. The van der Waals surface area contributed by atoms with Gasteiger partial charge in [0.2, 0.25) is 0 Å². The van der Waals surface area contributed by atoms with Crippen LogP contribution >= 0.6 is 0 Å². The summed E-state index contributed by atoms with van der Waals surface area (Å²) in [4.78, 5) is 11.0. The molecule has 0 unspecified atom stereocenters. The molecule has 0 radical (unpaired) electrons. The molecule has 78 valence electrons. The molecule has 0 spiro atoms. The third-order valence-corrected chi connectivity index (χ3v) is 2.22. The number of rotatable bonds is 1. The molecule has 0 saturated carbocycles. The Morgan fingerprint density at radius 1 is 1.57 bits per heavy atom. The fraction of sp³-hybridized carbons (Fsp3) is 0.667. The van der Waals surface area contributed by atoms with Crippen LogP contribution in [0.1, 0.15) is 13.8 Å². The smallest absolute Gasteiger partial charge is 0.354 e. The van der Waals surface area contributed by atoms with Crippen molar-refractivity contribution in [1.29, 1.82) is 0 Å². The summed E-state index contributed by atoms with van der Waals surface area (Å²) in [5.41, 5.74) is 5.54. The van der Waals surface area contributed by atoms with Crippen molar-refractivity contribution in [3.8, 4) is 0 Å². The van der Waals surface area contributed by atoms with Gasteiger partial charge in [-0.05, 0) is 19.9 Å². The van der Waals surface area contributed by atoms with Crippen molar-refractivity contribution in [2.24, 2.45) is 5.73 Å². The molecule has 2 N–H and O–H groups in total. The van der Waals surface area contributed by atoms with Gasteiger partial charge in [-0.15, -0.1) is 0 Å². The van der Waals surface area contributed by atoms with Crippen LogP contribution in [-0.4, -0.2) is 30.6 Å². The summed E-state index contributed by atoms with van der Waals surface area (Å²) in [5.74, 6) is -1.09. The van der Waals surface area contributed by atoms with Crippen molar-refractivity contribution in [1.82, 2.24) is 0 Å². The normalized spacial score (nSPS) is 35.6. The van der Waals surface area contributed by atoms with Crippen LogP contribution in [0.25, 0.3) is 0 Å². The lowest BCUT2D eigenvalue weighted by Gasteiger charge is -2.19. The van der Waals surface area contributed by atoms with Crippen molar-refractivity contribution in [2.45, 2.75) is 31.8 Å². The van der Waals surface area contributed by atoms with Crippen molar-refractivity contribution < 1.29 is 19.0 Å². The van der Waals surface area contributed by atoms with Crippen LogP contribution in [0.15, 0.2) is 11.8 Å². The Morgan fingerprint density at radius 3 is 2.71 bits per heavy atom. The van der Waals surface area contributed by atoms with E-state index in [9.17, 15) is 4.79 Å². The molecule has 1 fully saturated rings. The maximum absolute atomic E-state index is 11.0. The molecule has 0 aromatic heterocycles. The Kier molecular flexibility index (Phi) is 2.01. The molecule has 5 nitrogen and oxygen atoms in total. The average Bonchev–Trinajstić information content (AvgIpc) is 2.57. The molecule has 2 aliphatic rings. The fourth-order valence-electron chi connectivity index (χ4n) is 1.53. The highest BCUT2D eigenvalue weighted by Gasteiger charge is 2.40. The highest BCUT2D eigenvalue weighted by molar-refractivity contribution is 5.89. The molecule has 0 aromatic rings. The standard InChI is InChI=1S/C9H13NO4/c1-9(2)12-4-7(14-9)6-3-5(10)8(11)13-6/h3,6-7H,4,10H2,1-2H3/t6-,7+/m0/s1. The number of hydrogen-bond donors (Lipinski definition) is 1. The maximum Gasteiger partial charge on any atom is 0.354 e. The predicted octanol–water partition coefficient (Wildman–Crippen LogP) is -0.0941. The number of carbonyl (C=O) groups is 1. The monoisotopic (exact) mass is 199 g/mol. The Bertz CT molecular complexity index is 297. The van der Waals surface area contributed by atoms with E-state index in [2.05, 4.69) is 0 Å². The third kappa shape index (κ3) is 1.60. The lowest BCUT2D eigenvalue weighted by atomic mass is 10.2. The second-order valence-corrected chi connectivity index (χ2v) is 3.86. The summed E-state index contributed by atoms with van der Waals surface area (Å²) >= 11 is 0. The molecule has 2 aliphatic heterocycles. The van der Waals surface area contributed by atoms with Crippen molar-refractivity contribution in [3.63, 3.8) is 0 Å². The van der Waals surface area contributed by atoms with Crippen molar-refractivity contribution in [3.05, 3.63) is 11.8 Å². The van der Waals surface area contributed by atoms with Crippen LogP contribution in [0, 0.1) is 0 Å². The molecule has 0 bridgehead atoms. The zero-order valence-electron chi connectivity index (χ0n) is 8.15. The second kappa shape index (κ2) is 2.96. The number of hydrogen-bond acceptors (Lipinski definition) is 5. The van der Waals surface area contributed by atoms with E-state index < -0.39 is 17.9 Å². The van der Waals surface area contributed by atoms with E-state index in [-0.39, 0.29) is 11.8 Å². The predicted molar refractivity (Wildman–Crippen MR) is 47.1 cm³/mol. The van der Waals surface area contributed by atoms with E-state index in [1.54, 1.807) is 6.08 Å². The molecular formula is C9H13NO4. The Balaban J connectivity index is 2.03. The van der Waals surface area contributed by atoms with E-state index in [0.29, 0.717) is 6.61 Å². The van der Waals surface area contributed by atoms with Gasteiger partial charge in [-0.3, -0.25) is 0 Å². The average molecular weight is 199 g/mol. The molecule has 0 amide bonds. The Morgan fingerprint density at radius 2 is 2.29 bits per heavy atom. The number of ether oxygens (including phenoxy) is 3. The Hall–Kier alpha value is -1.07. The van der Waals surface area contributed by atoms with E-state index in [0.717, 1.165) is 0 Å². The first kappa shape index (κ1) is 9.48. The lowest BCUT2D eigenvalue weighted by molar-refractivity contribution is -0.160. The Labute approximate surface area is 81.8 Å². The zero-order chi connectivity index (χ0) is 10.3. The minimum atomic E-state index is -0.609. The highest BCUT2D eigenvalue weighted by atomic mass is 16.8. The largest absolute Gasteiger partial charge is 0.451 e. The number of nitrogens with two attached hydrogens (primary N) is 1. The molecule has 2 rings (SSSR count). The van der Waals surface area contributed by atoms with Crippen LogP contribution < -0.4 is 5.73 Å². The van der Waals surface area contributed by atoms with Gasteiger partial charge in [-0.2, -0.15) is 0 Å². The molecule has 0 aromatic carbocycles. The van der Waals surface area contributed by atoms with Gasteiger partial charge in [-0.25, -0.2) is 4.79 Å². The maximum atomic E-state index is 11.0. The van der Waals surface area contributed by atoms with Crippen molar-refractivity contribution >= 4 is 5.97 Å². The van der Waals surface area contributed by atoms with Gasteiger partial charge in [-0.1, -0.05) is 0 Å². The van der Waals surface area contributed by atoms with Gasteiger partial charge < -0.3 is 19.9 Å². The van der Waals surface area contributed by atoms with E-state index >= 15 is 0 Å². The molecular weight excluding hydrogens is 186 g/mol. The molecule has 5 heteroatoms. The van der Waals surface area contributed by atoms with Crippen LogP contribution in [0.3, 0.4) is 0 Å². The number of carbonyl (C=O) groups excluding carboxylic acids is 1. The molecule has 2 heterocycles. The van der Waals surface area contributed by atoms with E-state index in [4.69, 9.17) is 19.9 Å². The molecule has 2 atom stereocenters. The summed E-state index contributed by atoms with van der Waals surface area (Å²) in [7, 11) is 0. The minimum absolute atomic E-state index is 0.142. The first-order valence-corrected chi connectivity index (χ1v) is 4.48. The summed E-state index contributed by atoms with van der Waals surface area (Å²) in [6, 6.07) is 0. The van der Waals surface area contributed by atoms with Crippen LogP contribution in [0.2, 0.25) is 0 Å². The SMILES string of the molecule is CC1(C)OC[C@H]([C@@H]2C=C(N)C(=O)O2)O1. The van der Waals surface area contributed by atoms with Crippen LogP contribution in [0.5, 0.6) is 0 Å². The van der Waals surface area contributed by atoms with E-state index in [1.807, 2.05) is 13.8 Å². The van der Waals surface area contributed by atoms with Gasteiger partial charge in [0.25, 0.3) is 0 Å². The van der Waals surface area contributed by atoms with Gasteiger partial charge in [0.15, 0.2) is 11.9 Å². The van der Waals surface area contributed by atoms with Gasteiger partial charge in [0, 0.05) is 0 Å². The van der Waals surface area contributed by atoms with Crippen molar-refractivity contribution in [2.75, 3.05) is 6.61 Å². The van der Waals surface area contributed by atoms with Crippen LogP contribution in [-0.2, 0) is 19.0 Å². The summed E-state index contributed by atoms with van der Waals surface area (Å²) < 4.78 is 15.9. The fourth-order valence-corrected chi connectivity index (χ4v) is 1.53. The summed E-state index contributed by atoms with van der Waals surface area (Å²) in [5, 5.41) is 0. The van der Waals surface area contributed by atoms with Gasteiger partial charge in [0.05, 0.1) is 6.61 Å². The lowest BCUT2D eigenvalue weighted by Crippen LogP contribution is -2.30. The number of esters is 1. The van der Waals surface area contributed by atoms with E-state index in [1.165, 1.54) is 0 Å². The molecule has 14 heavy (non-hydrogen) atoms. The minimum Gasteiger partial charge on any atom is -0.451 e. The first-order chi connectivity index (χ1) is 6.48. The summed E-state index contributed by atoms with van der Waals surface area (Å²) in [6.45, 7) is 4.04. The zero-order valence-corrected chi connectivity index (χ0v) is 8.15. The van der Waals surface area contributed by atoms with Gasteiger partial charge in [0.1, 0.15) is 11.8 Å². The molecule has 1 saturated heterocycles. The topological polar surface area (TPSA) is 70.8 Å². The first-order valence-electron chi connectivity index (χ1n) is 4.48. The van der Waals surface area contributed by atoms with Crippen LogP contribution in [0.4, 0.5) is 0 Å². The summed E-state index contributed by atoms with van der Waals surface area (Å²) in [6.07, 6.45) is 0.900. The van der Waals surface area contributed by atoms with Gasteiger partial charge >= 0.3 is 5.97 Å².